The minimum atomic E-state index is 0.178. The average molecular weight is 908 g/mol. The molecule has 13 heteroatoms. The molecule has 5 aromatic rings. The Morgan fingerprint density at radius 1 is 0.400 bits per heavy atom. The van der Waals surface area contributed by atoms with Crippen LogP contribution in [0.2, 0.25) is 30.1 Å². The first-order valence-electron chi connectivity index (χ1n) is 11.0. The van der Waals surface area contributed by atoms with Crippen molar-refractivity contribution in [3.63, 3.8) is 0 Å². The van der Waals surface area contributed by atoms with Gasteiger partial charge in [0.25, 0.3) is 0 Å². The molecule has 1 heterocycles. The lowest BCUT2D eigenvalue weighted by Gasteiger charge is -2.16. The van der Waals surface area contributed by atoms with Gasteiger partial charge in [-0.05, 0) is 80.9 Å². The Kier molecular flexibility index (Phi) is 9.80. The van der Waals surface area contributed by atoms with Gasteiger partial charge in [-0.25, -0.2) is 15.0 Å². The van der Waals surface area contributed by atoms with Gasteiger partial charge in [-0.1, -0.05) is 118 Å². The molecule has 0 saturated heterocycles. The molecule has 0 N–H and O–H groups in total. The number of rotatable bonds is 4. The highest BCUT2D eigenvalue weighted by Gasteiger charge is 2.26. The van der Waals surface area contributed by atoms with Gasteiger partial charge in [0.05, 0.1) is 41.3 Å². The lowest BCUT2D eigenvalue weighted by atomic mass is 10.0. The van der Waals surface area contributed by atoms with E-state index >= 15 is 0 Å². The van der Waals surface area contributed by atoms with Crippen LogP contribution in [-0.4, -0.2) is 15.0 Å². The highest BCUT2D eigenvalue weighted by Crippen LogP contribution is 2.50. The minimum absolute atomic E-state index is 0.178. The Bertz CT molecular complexity index is 1670. The Labute approximate surface area is 293 Å². The molecule has 40 heavy (non-hydrogen) atoms. The molecule has 0 fully saturated rings. The summed E-state index contributed by atoms with van der Waals surface area (Å²) in [5.41, 5.74) is 3.72. The van der Waals surface area contributed by atoms with Crippen LogP contribution in [0.3, 0.4) is 0 Å². The molecule has 0 spiro atoms. The fourth-order valence-corrected chi connectivity index (χ4v) is 8.31. The van der Waals surface area contributed by atoms with Crippen molar-refractivity contribution in [1.82, 2.24) is 15.0 Å². The van der Waals surface area contributed by atoms with E-state index in [-0.39, 0.29) is 41.8 Å². The first-order valence-corrected chi connectivity index (χ1v) is 16.4. The molecule has 5 rings (SSSR count). The molecule has 0 amide bonds. The summed E-state index contributed by atoms with van der Waals surface area (Å²) in [6.45, 7) is 0. The maximum Gasteiger partial charge on any atom is 0.166 e. The van der Waals surface area contributed by atoms with Gasteiger partial charge >= 0.3 is 0 Å². The summed E-state index contributed by atoms with van der Waals surface area (Å²) in [5.74, 6) is 0.885. The summed E-state index contributed by atoms with van der Waals surface area (Å²) in [6.07, 6.45) is 0. The maximum atomic E-state index is 6.50. The van der Waals surface area contributed by atoms with E-state index in [1.54, 1.807) is 0 Å². The smallest absolute Gasteiger partial charge is 0.166 e. The molecular formula is C27H9Br4Cl6N3. The van der Waals surface area contributed by atoms with Gasteiger partial charge in [-0.3, -0.25) is 0 Å². The standard InChI is InChI=1S/C27H9Br4Cl6N3/c28-15-13(16(29)20(33)23(36)19(15)32)26-38-25(12-8-4-7-11(9-12)10-5-2-1-3-6-10)39-27(40-26)14-17(30)21(34)24(37)22(35)18(14)31/h1-9H. The van der Waals surface area contributed by atoms with Crippen molar-refractivity contribution >= 4 is 133 Å². The molecule has 1 aromatic heterocycles. The van der Waals surface area contributed by atoms with Crippen LogP contribution in [0.1, 0.15) is 0 Å². The van der Waals surface area contributed by atoms with Crippen molar-refractivity contribution in [2.45, 2.75) is 0 Å². The summed E-state index contributed by atoms with van der Waals surface area (Å²) in [4.78, 5) is 14.4. The maximum absolute atomic E-state index is 6.50. The SMILES string of the molecule is Clc1c(Cl)c(Br)c(-c2nc(-c3cccc(-c4ccccc4)c3)nc(-c3c(Br)c(Cl)c(Cl)c(Cl)c3Br)n2)c(Br)c1Cl. The van der Waals surface area contributed by atoms with Gasteiger partial charge in [-0.15, -0.1) is 0 Å². The monoisotopic (exact) mass is 901 g/mol. The van der Waals surface area contributed by atoms with Crippen LogP contribution < -0.4 is 0 Å². The molecule has 0 radical (unpaired) electrons. The van der Waals surface area contributed by atoms with Crippen molar-refractivity contribution in [1.29, 1.82) is 0 Å². The van der Waals surface area contributed by atoms with Gasteiger partial charge in [0.2, 0.25) is 0 Å². The number of aromatic nitrogens is 3. The van der Waals surface area contributed by atoms with Crippen molar-refractivity contribution < 1.29 is 0 Å². The third kappa shape index (κ3) is 5.73. The predicted molar refractivity (Wildman–Crippen MR) is 182 cm³/mol. The third-order valence-corrected chi connectivity index (χ3v) is 12.5. The van der Waals surface area contributed by atoms with Crippen LogP contribution in [0.4, 0.5) is 0 Å². The minimum Gasteiger partial charge on any atom is -0.208 e. The second kappa shape index (κ2) is 12.7. The zero-order chi connectivity index (χ0) is 28.9. The summed E-state index contributed by atoms with van der Waals surface area (Å²) in [5, 5.41) is 1.19. The molecule has 202 valence electrons. The molecule has 0 atom stereocenters. The van der Waals surface area contributed by atoms with Crippen molar-refractivity contribution in [3.05, 3.63) is 103 Å². The van der Waals surface area contributed by atoms with Gasteiger partial charge in [-0.2, -0.15) is 0 Å². The van der Waals surface area contributed by atoms with E-state index in [1.807, 2.05) is 54.6 Å². The summed E-state index contributed by atoms with van der Waals surface area (Å²) >= 11 is 52.8. The number of nitrogens with zero attached hydrogens (tertiary/aromatic N) is 3. The number of halogens is 10. The highest BCUT2D eigenvalue weighted by atomic mass is 79.9. The van der Waals surface area contributed by atoms with E-state index in [9.17, 15) is 0 Å². The first kappa shape index (κ1) is 31.0. The van der Waals surface area contributed by atoms with Gasteiger partial charge in [0.1, 0.15) is 0 Å². The fraction of sp³-hybridized carbons (Fsp3) is 0. The Balaban J connectivity index is 1.84. The van der Waals surface area contributed by atoms with E-state index in [1.165, 1.54) is 0 Å². The predicted octanol–water partition coefficient (Wildman–Crippen LogP) is 13.5. The molecule has 0 saturated carbocycles. The van der Waals surface area contributed by atoms with E-state index in [4.69, 9.17) is 84.6 Å². The topological polar surface area (TPSA) is 38.7 Å². The van der Waals surface area contributed by atoms with Crippen LogP contribution in [0, 0.1) is 0 Å². The van der Waals surface area contributed by atoms with E-state index in [0.29, 0.717) is 34.8 Å². The molecule has 3 nitrogen and oxygen atoms in total. The Morgan fingerprint density at radius 2 is 0.775 bits per heavy atom. The summed E-state index contributed by atoms with van der Waals surface area (Å²) in [6, 6.07) is 17.8. The zero-order valence-corrected chi connectivity index (χ0v) is 30.2. The van der Waals surface area contributed by atoms with Crippen molar-refractivity contribution in [3.8, 4) is 45.3 Å². The Hall–Kier alpha value is -0.450. The lowest BCUT2D eigenvalue weighted by molar-refractivity contribution is 1.07. The normalized spacial score (nSPS) is 11.2. The number of benzene rings is 4. The first-order chi connectivity index (χ1) is 19.0. The fourth-order valence-electron chi connectivity index (χ4n) is 3.80. The van der Waals surface area contributed by atoms with Crippen LogP contribution in [0.25, 0.3) is 45.3 Å². The largest absolute Gasteiger partial charge is 0.208 e. The molecule has 4 aromatic carbocycles. The number of hydrogen-bond donors (Lipinski definition) is 0. The van der Waals surface area contributed by atoms with Crippen molar-refractivity contribution in [2.24, 2.45) is 0 Å². The zero-order valence-electron chi connectivity index (χ0n) is 19.3. The van der Waals surface area contributed by atoms with Crippen LogP contribution in [-0.2, 0) is 0 Å². The summed E-state index contributed by atoms with van der Waals surface area (Å²) in [7, 11) is 0. The molecular weight excluding hydrogens is 899 g/mol. The highest BCUT2D eigenvalue weighted by molar-refractivity contribution is 9.11. The third-order valence-electron chi connectivity index (χ3n) is 5.73. The second-order valence-electron chi connectivity index (χ2n) is 8.14. The van der Waals surface area contributed by atoms with E-state index < -0.39 is 0 Å². The van der Waals surface area contributed by atoms with E-state index in [2.05, 4.69) is 63.7 Å². The van der Waals surface area contributed by atoms with Crippen LogP contribution in [0.15, 0.2) is 72.5 Å². The molecule has 0 unspecified atom stereocenters. The quantitative estimate of drug-likeness (QED) is 0.133. The average Bonchev–Trinajstić information content (AvgIpc) is 2.97. The van der Waals surface area contributed by atoms with Crippen LogP contribution >= 0.6 is 133 Å². The Morgan fingerprint density at radius 3 is 1.23 bits per heavy atom. The molecule has 0 aliphatic heterocycles. The number of hydrogen-bond acceptors (Lipinski definition) is 3. The second-order valence-corrected chi connectivity index (χ2v) is 13.6. The lowest BCUT2D eigenvalue weighted by Crippen LogP contribution is -2.03. The molecule has 0 aliphatic rings. The van der Waals surface area contributed by atoms with Crippen molar-refractivity contribution in [2.75, 3.05) is 0 Å². The van der Waals surface area contributed by atoms with E-state index in [0.717, 1.165) is 16.7 Å². The molecule has 0 bridgehead atoms. The van der Waals surface area contributed by atoms with Gasteiger partial charge in [0, 0.05) is 23.5 Å². The van der Waals surface area contributed by atoms with Gasteiger partial charge in [0.15, 0.2) is 17.5 Å². The van der Waals surface area contributed by atoms with Gasteiger partial charge < -0.3 is 0 Å². The van der Waals surface area contributed by atoms with Crippen LogP contribution in [0.5, 0.6) is 0 Å². The summed E-state index contributed by atoms with van der Waals surface area (Å²) < 4.78 is 1.78. The molecule has 0 aliphatic carbocycles.